The van der Waals surface area contributed by atoms with Crippen molar-refractivity contribution in [3.05, 3.63) is 62.5 Å². The lowest BCUT2D eigenvalue weighted by atomic mass is 9.93. The van der Waals surface area contributed by atoms with Crippen molar-refractivity contribution >= 4 is 46.7 Å². The van der Waals surface area contributed by atoms with E-state index < -0.39 is 29.3 Å². The first-order chi connectivity index (χ1) is 18.3. The first-order valence-electron chi connectivity index (χ1n) is 11.6. The molecule has 3 aliphatic heterocycles. The molecule has 1 aromatic heterocycles. The lowest BCUT2D eigenvalue weighted by Gasteiger charge is -2.44. The van der Waals surface area contributed by atoms with Gasteiger partial charge in [-0.1, -0.05) is 17.7 Å². The fourth-order valence-corrected chi connectivity index (χ4v) is 5.88. The van der Waals surface area contributed by atoms with Crippen molar-refractivity contribution in [2.75, 3.05) is 46.9 Å². The molecule has 2 saturated heterocycles. The summed E-state index contributed by atoms with van der Waals surface area (Å²) in [5.74, 6) is -1.28. The number of thiazole rings is 1. The van der Waals surface area contributed by atoms with Crippen LogP contribution in [0.15, 0.2) is 46.0 Å². The van der Waals surface area contributed by atoms with Crippen LogP contribution in [0.25, 0.3) is 0 Å². The molecule has 0 radical (unpaired) electrons. The van der Waals surface area contributed by atoms with Gasteiger partial charge < -0.3 is 25.0 Å². The largest absolute Gasteiger partial charge is 0.467 e. The van der Waals surface area contributed by atoms with Gasteiger partial charge in [-0.25, -0.2) is 23.8 Å². The van der Waals surface area contributed by atoms with Gasteiger partial charge in [0.05, 0.1) is 26.3 Å². The van der Waals surface area contributed by atoms with Gasteiger partial charge in [-0.15, -0.1) is 11.3 Å². The number of halogens is 2. The van der Waals surface area contributed by atoms with Gasteiger partial charge in [-0.2, -0.15) is 0 Å². The number of hydrogen-bond donors (Lipinski definition) is 2. The molecule has 2 atom stereocenters. The molecule has 38 heavy (non-hydrogen) atoms. The first kappa shape index (κ1) is 26.1. The van der Waals surface area contributed by atoms with Crippen LogP contribution in [0.5, 0.6) is 0 Å². The van der Waals surface area contributed by atoms with Crippen molar-refractivity contribution in [2.45, 2.75) is 11.6 Å². The van der Waals surface area contributed by atoms with Crippen LogP contribution in [-0.4, -0.2) is 91.1 Å². The monoisotopic (exact) mass is 562 g/mol. The number of esters is 2. The van der Waals surface area contributed by atoms with Gasteiger partial charge in [0.1, 0.15) is 11.9 Å². The smallest absolute Gasteiger partial charge is 0.338 e. The third kappa shape index (κ3) is 4.50. The van der Waals surface area contributed by atoms with Crippen LogP contribution in [-0.2, 0) is 19.1 Å². The maximum Gasteiger partial charge on any atom is 0.338 e. The van der Waals surface area contributed by atoms with E-state index in [1.807, 2.05) is 4.90 Å². The Kier molecular flexibility index (Phi) is 7.07. The Bertz CT molecular complexity index is 1350. The first-order valence-corrected chi connectivity index (χ1v) is 12.9. The minimum Gasteiger partial charge on any atom is -0.467 e. The second kappa shape index (κ2) is 10.3. The number of hydrogen-bond acceptors (Lipinski definition) is 10. The number of benzene rings is 1. The Hall–Kier alpha value is -3.55. The van der Waals surface area contributed by atoms with Gasteiger partial charge in [-0.05, 0) is 12.1 Å². The highest BCUT2D eigenvalue weighted by Crippen LogP contribution is 2.37. The van der Waals surface area contributed by atoms with Crippen LogP contribution in [0.2, 0.25) is 5.02 Å². The van der Waals surface area contributed by atoms with Gasteiger partial charge in [0, 0.05) is 54.0 Å². The van der Waals surface area contributed by atoms with Crippen LogP contribution >= 0.6 is 22.9 Å². The van der Waals surface area contributed by atoms with E-state index in [2.05, 4.69) is 15.6 Å². The third-order valence-electron chi connectivity index (χ3n) is 6.79. The summed E-state index contributed by atoms with van der Waals surface area (Å²) < 4.78 is 24.0. The van der Waals surface area contributed by atoms with Crippen LogP contribution in [0.1, 0.15) is 16.6 Å². The van der Waals surface area contributed by atoms with Gasteiger partial charge in [0.25, 0.3) is 0 Å². The van der Waals surface area contributed by atoms with E-state index >= 15 is 0 Å². The van der Waals surface area contributed by atoms with E-state index in [4.69, 9.17) is 26.1 Å². The molecule has 0 aliphatic carbocycles. The quantitative estimate of drug-likeness (QED) is 0.510. The second-order valence-electron chi connectivity index (χ2n) is 8.94. The number of ether oxygens (including phenoxy) is 2. The number of rotatable bonds is 6. The molecule has 3 aliphatic rings. The lowest BCUT2D eigenvalue weighted by molar-refractivity contribution is -0.155. The van der Waals surface area contributed by atoms with Gasteiger partial charge in [0.2, 0.25) is 0 Å². The molecule has 0 saturated carbocycles. The topological polar surface area (TPSA) is 125 Å². The molecule has 11 nitrogen and oxygen atoms in total. The number of urea groups is 1. The molecular weight excluding hydrogens is 539 g/mol. The maximum absolute atomic E-state index is 13.9. The van der Waals surface area contributed by atoms with Crippen molar-refractivity contribution in [3.63, 3.8) is 0 Å². The van der Waals surface area contributed by atoms with Gasteiger partial charge in [-0.3, -0.25) is 9.89 Å². The normalized spacial score (nSPS) is 23.4. The number of aromatic nitrogens is 1. The third-order valence-corrected chi connectivity index (χ3v) is 7.90. The molecular formula is C24H24ClFN6O5S. The average Bonchev–Trinajstić information content (AvgIpc) is 3.56. The minimum atomic E-state index is -1.20. The number of fused-ring (bicyclic) bond motifs is 1. The van der Waals surface area contributed by atoms with Gasteiger partial charge >= 0.3 is 18.0 Å². The number of carbonyl (C=O) groups excluding carboxylic acids is 3. The van der Waals surface area contributed by atoms with Crippen molar-refractivity contribution in [1.29, 1.82) is 0 Å². The number of nitrogens with one attached hydrogen (secondary N) is 2. The van der Waals surface area contributed by atoms with Gasteiger partial charge in [0.15, 0.2) is 16.4 Å². The van der Waals surface area contributed by atoms with Crippen LogP contribution in [0.3, 0.4) is 0 Å². The highest BCUT2D eigenvalue weighted by molar-refractivity contribution is 7.11. The van der Waals surface area contributed by atoms with Crippen molar-refractivity contribution in [1.82, 2.24) is 25.4 Å². The summed E-state index contributed by atoms with van der Waals surface area (Å²) in [6.07, 6.45) is 1.63. The maximum atomic E-state index is 13.9. The zero-order valence-electron chi connectivity index (χ0n) is 20.5. The summed E-state index contributed by atoms with van der Waals surface area (Å²) in [5, 5.41) is 8.44. The van der Waals surface area contributed by atoms with Crippen molar-refractivity contribution < 1.29 is 28.2 Å². The summed E-state index contributed by atoms with van der Waals surface area (Å²) in [5.41, 5.74) is -0.121. The number of piperazine rings is 1. The molecule has 5 rings (SSSR count). The number of amidine groups is 1. The number of nitrogens with zero attached hydrogens (tertiary/aromatic N) is 4. The zero-order valence-corrected chi connectivity index (χ0v) is 22.1. The van der Waals surface area contributed by atoms with Crippen molar-refractivity contribution in [3.8, 4) is 0 Å². The molecule has 1 aromatic carbocycles. The molecule has 2 N–H and O–H groups in total. The number of carbonyl (C=O) groups is 3. The van der Waals surface area contributed by atoms with E-state index in [0.29, 0.717) is 28.6 Å². The number of methoxy groups -OCH3 is 2. The Morgan fingerprint density at radius 2 is 2.11 bits per heavy atom. The predicted molar refractivity (Wildman–Crippen MR) is 136 cm³/mol. The lowest BCUT2D eigenvalue weighted by Crippen LogP contribution is -2.66. The fraction of sp³-hybridized carbons (Fsp3) is 0.375. The Labute approximate surface area is 226 Å². The van der Waals surface area contributed by atoms with Crippen LogP contribution in [0.4, 0.5) is 9.18 Å². The molecule has 2 amide bonds. The molecule has 0 bridgehead atoms. The fourth-order valence-electron chi connectivity index (χ4n) is 5.02. The Balaban J connectivity index is 1.56. The summed E-state index contributed by atoms with van der Waals surface area (Å²) in [6, 6.07) is 2.66. The summed E-state index contributed by atoms with van der Waals surface area (Å²) in [4.78, 5) is 50.9. The van der Waals surface area contributed by atoms with E-state index in [-0.39, 0.29) is 42.8 Å². The Morgan fingerprint density at radius 3 is 2.79 bits per heavy atom. The molecule has 200 valence electrons. The number of aliphatic imine (C=N–C) groups is 1. The van der Waals surface area contributed by atoms with Crippen molar-refractivity contribution in [2.24, 2.45) is 4.99 Å². The molecule has 2 fully saturated rings. The van der Waals surface area contributed by atoms with E-state index in [9.17, 15) is 18.8 Å². The van der Waals surface area contributed by atoms with E-state index in [1.54, 1.807) is 11.6 Å². The molecule has 2 aromatic rings. The van der Waals surface area contributed by atoms with E-state index in [0.717, 1.165) is 6.07 Å². The highest BCUT2D eigenvalue weighted by atomic mass is 35.5. The average molecular weight is 563 g/mol. The summed E-state index contributed by atoms with van der Waals surface area (Å²) in [7, 11) is 2.54. The molecule has 2 unspecified atom stereocenters. The predicted octanol–water partition coefficient (Wildman–Crippen LogP) is 1.71. The number of amides is 2. The Morgan fingerprint density at radius 1 is 1.29 bits per heavy atom. The minimum absolute atomic E-state index is 0.102. The summed E-state index contributed by atoms with van der Waals surface area (Å²) >= 11 is 7.76. The second-order valence-corrected chi connectivity index (χ2v) is 10.2. The molecule has 4 heterocycles. The van der Waals surface area contributed by atoms with Crippen LogP contribution < -0.4 is 10.6 Å². The molecule has 0 spiro atoms. The van der Waals surface area contributed by atoms with E-state index in [1.165, 1.54) is 42.6 Å². The zero-order chi connectivity index (χ0) is 27.0. The molecule has 14 heteroatoms. The SMILES string of the molecule is COC(=O)C1=C(CN2CCN3C(=O)NCC3(C(=O)OC)C2)NC(c2nccs2)=NC1c1ccc(F)cc1Cl. The summed E-state index contributed by atoms with van der Waals surface area (Å²) in [6.45, 7) is 1.17. The standard InChI is InChI=1S/C24H24ClFN6O5S/c1-36-21(33)17-16(10-31-6-7-32-23(35)28-11-24(32,12-31)22(34)37-2)29-19(20-27-5-8-38-20)30-18(17)14-4-3-13(26)9-15(14)25/h3-5,8-9,18H,6-7,10-12H2,1-2H3,(H,28,35)(H,29,30). The van der Waals surface area contributed by atoms with Crippen LogP contribution in [0, 0.1) is 5.82 Å². The highest BCUT2D eigenvalue weighted by Gasteiger charge is 2.55.